The monoisotopic (exact) mass is 373 g/mol. The number of guanidine groups is 1. The third-order valence-electron chi connectivity index (χ3n) is 5.41. The maximum Gasteiger partial charge on any atom is 0.220 e. The van der Waals surface area contributed by atoms with Crippen molar-refractivity contribution in [2.24, 2.45) is 22.4 Å². The van der Waals surface area contributed by atoms with Gasteiger partial charge in [-0.25, -0.2) is 0 Å². The summed E-state index contributed by atoms with van der Waals surface area (Å²) in [6.45, 7) is 8.01. The van der Waals surface area contributed by atoms with Crippen molar-refractivity contribution >= 4 is 17.6 Å². The number of carbonyl (C=O) groups excluding carboxylic acids is 1. The molecular weight excluding hydrogens is 338 g/mol. The second kappa shape index (κ2) is 10.9. The normalized spacial score (nSPS) is 16.4. The fourth-order valence-corrected chi connectivity index (χ4v) is 3.66. The zero-order chi connectivity index (χ0) is 19.6. The smallest absolute Gasteiger partial charge is 0.220 e. The number of para-hydroxylation sites is 1. The van der Waals surface area contributed by atoms with Gasteiger partial charge in [0.2, 0.25) is 5.91 Å². The van der Waals surface area contributed by atoms with Gasteiger partial charge >= 0.3 is 0 Å². The van der Waals surface area contributed by atoms with Crippen LogP contribution in [0, 0.1) is 5.92 Å². The summed E-state index contributed by atoms with van der Waals surface area (Å²) in [5.74, 6) is 0.409. The van der Waals surface area contributed by atoms with Gasteiger partial charge in [0.25, 0.3) is 0 Å². The largest absolute Gasteiger partial charge is 0.370 e. The first-order chi connectivity index (χ1) is 13.0. The lowest BCUT2D eigenvalue weighted by Crippen LogP contribution is -2.38. The molecule has 0 radical (unpaired) electrons. The Morgan fingerprint density at radius 3 is 2.33 bits per heavy atom. The van der Waals surface area contributed by atoms with E-state index in [1.807, 2.05) is 0 Å². The number of rotatable bonds is 9. The molecule has 0 atom stereocenters. The van der Waals surface area contributed by atoms with Crippen LogP contribution >= 0.6 is 0 Å². The Morgan fingerprint density at radius 2 is 1.78 bits per heavy atom. The number of nitrogens with zero attached hydrogens (tertiary/aromatic N) is 2. The van der Waals surface area contributed by atoms with Crippen molar-refractivity contribution in [2.45, 2.75) is 52.4 Å². The summed E-state index contributed by atoms with van der Waals surface area (Å²) >= 11 is 0. The van der Waals surface area contributed by atoms with Crippen molar-refractivity contribution in [3.63, 3.8) is 0 Å². The number of aliphatic imine (C=N–C) groups is 1. The third kappa shape index (κ3) is 6.54. The van der Waals surface area contributed by atoms with Crippen LogP contribution in [-0.2, 0) is 17.6 Å². The quantitative estimate of drug-likeness (QED) is 0.352. The van der Waals surface area contributed by atoms with E-state index in [0.29, 0.717) is 5.96 Å². The number of nitrogens with two attached hydrogens (primary N) is 2. The molecular formula is C21H35N5O. The minimum Gasteiger partial charge on any atom is -0.370 e. The van der Waals surface area contributed by atoms with Gasteiger partial charge in [-0.1, -0.05) is 32.0 Å². The van der Waals surface area contributed by atoms with Crippen LogP contribution in [0.5, 0.6) is 0 Å². The first-order valence-corrected chi connectivity index (χ1v) is 10.2. The van der Waals surface area contributed by atoms with Crippen LogP contribution in [-0.4, -0.2) is 42.9 Å². The standard InChI is InChI=1S/C21H35N5O/c1-3-16-8-7-9-17(4-2)19(16)25-21(23)24-12-5-6-13-26-14-10-18(11-15-26)20(22)27/h7-9,18H,3-6,10-15H2,1-2H3,(H2,22,27)(H3,23,24,25). The van der Waals surface area contributed by atoms with Crippen LogP contribution in [0.3, 0.4) is 0 Å². The van der Waals surface area contributed by atoms with Gasteiger partial charge in [-0.05, 0) is 69.3 Å². The van der Waals surface area contributed by atoms with E-state index < -0.39 is 0 Å². The lowest BCUT2D eigenvalue weighted by Gasteiger charge is -2.30. The van der Waals surface area contributed by atoms with E-state index in [2.05, 4.69) is 47.3 Å². The highest BCUT2D eigenvalue weighted by atomic mass is 16.1. The summed E-state index contributed by atoms with van der Waals surface area (Å²) in [6, 6.07) is 6.37. The van der Waals surface area contributed by atoms with Gasteiger partial charge in [0.05, 0.1) is 0 Å². The highest BCUT2D eigenvalue weighted by Crippen LogP contribution is 2.22. The molecule has 0 aliphatic carbocycles. The molecule has 0 aromatic heterocycles. The minimum atomic E-state index is -0.150. The maximum atomic E-state index is 11.2. The molecule has 1 aromatic rings. The SMILES string of the molecule is CCc1cccc(CC)c1NC(N)=NCCCCN1CCC(C(N)=O)CC1. The number of primary amides is 1. The van der Waals surface area contributed by atoms with Crippen molar-refractivity contribution in [3.05, 3.63) is 29.3 Å². The maximum absolute atomic E-state index is 11.2. The van der Waals surface area contributed by atoms with Crippen LogP contribution in [0.1, 0.15) is 50.7 Å². The van der Waals surface area contributed by atoms with E-state index in [0.717, 1.165) is 70.4 Å². The van der Waals surface area contributed by atoms with Crippen LogP contribution in [0.15, 0.2) is 23.2 Å². The number of aryl methyl sites for hydroxylation is 2. The van der Waals surface area contributed by atoms with Gasteiger partial charge in [0.1, 0.15) is 0 Å². The summed E-state index contributed by atoms with van der Waals surface area (Å²) in [6.07, 6.45) is 5.81. The van der Waals surface area contributed by atoms with Gasteiger partial charge in [-0.15, -0.1) is 0 Å². The van der Waals surface area contributed by atoms with E-state index in [4.69, 9.17) is 11.5 Å². The summed E-state index contributed by atoms with van der Waals surface area (Å²) in [5, 5.41) is 3.31. The highest BCUT2D eigenvalue weighted by molar-refractivity contribution is 5.93. The molecule has 5 N–H and O–H groups in total. The van der Waals surface area contributed by atoms with Crippen molar-refractivity contribution in [2.75, 3.05) is 31.5 Å². The molecule has 27 heavy (non-hydrogen) atoms. The Hall–Kier alpha value is -2.08. The second-order valence-electron chi connectivity index (χ2n) is 7.28. The van der Waals surface area contributed by atoms with E-state index >= 15 is 0 Å². The molecule has 1 aliphatic rings. The van der Waals surface area contributed by atoms with Crippen molar-refractivity contribution < 1.29 is 4.79 Å². The molecule has 0 spiro atoms. The number of hydrogen-bond donors (Lipinski definition) is 3. The Balaban J connectivity index is 1.72. The molecule has 6 nitrogen and oxygen atoms in total. The van der Waals surface area contributed by atoms with Gasteiger partial charge < -0.3 is 21.7 Å². The van der Waals surface area contributed by atoms with Crippen molar-refractivity contribution in [1.82, 2.24) is 4.90 Å². The number of piperidine rings is 1. The van der Waals surface area contributed by atoms with Gasteiger partial charge in [0.15, 0.2) is 5.96 Å². The van der Waals surface area contributed by atoms with E-state index in [1.165, 1.54) is 11.1 Å². The number of anilines is 1. The van der Waals surface area contributed by atoms with Gasteiger partial charge in [-0.3, -0.25) is 9.79 Å². The number of carbonyl (C=O) groups is 1. The van der Waals surface area contributed by atoms with Crippen LogP contribution in [0.4, 0.5) is 5.69 Å². The lowest BCUT2D eigenvalue weighted by atomic mass is 9.96. The average Bonchev–Trinajstić information content (AvgIpc) is 2.68. The predicted octanol–water partition coefficient (Wildman–Crippen LogP) is 2.52. The average molecular weight is 374 g/mol. The number of nitrogens with one attached hydrogen (secondary N) is 1. The fraction of sp³-hybridized carbons (Fsp3) is 0.619. The first kappa shape index (κ1) is 21.2. The van der Waals surface area contributed by atoms with Gasteiger partial charge in [-0.2, -0.15) is 0 Å². The molecule has 1 amide bonds. The van der Waals surface area contributed by atoms with E-state index in [-0.39, 0.29) is 11.8 Å². The Morgan fingerprint density at radius 1 is 1.15 bits per heavy atom. The predicted molar refractivity (Wildman–Crippen MR) is 113 cm³/mol. The molecule has 0 saturated carbocycles. The molecule has 0 bridgehead atoms. The van der Waals surface area contributed by atoms with Crippen LogP contribution in [0.25, 0.3) is 0 Å². The number of benzene rings is 1. The first-order valence-electron chi connectivity index (χ1n) is 10.2. The van der Waals surface area contributed by atoms with Gasteiger partial charge in [0, 0.05) is 18.2 Å². The highest BCUT2D eigenvalue weighted by Gasteiger charge is 2.22. The molecule has 1 saturated heterocycles. The molecule has 1 heterocycles. The van der Waals surface area contributed by atoms with Crippen LogP contribution < -0.4 is 16.8 Å². The second-order valence-corrected chi connectivity index (χ2v) is 7.28. The van der Waals surface area contributed by atoms with E-state index in [9.17, 15) is 4.79 Å². The summed E-state index contributed by atoms with van der Waals surface area (Å²) in [5.41, 5.74) is 15.1. The Labute approximate surface area is 163 Å². The number of likely N-dealkylation sites (tertiary alicyclic amines) is 1. The number of unbranched alkanes of at least 4 members (excludes halogenated alkanes) is 1. The lowest BCUT2D eigenvalue weighted by molar-refractivity contribution is -0.123. The molecule has 1 fully saturated rings. The Bertz CT molecular complexity index is 613. The summed E-state index contributed by atoms with van der Waals surface area (Å²) < 4.78 is 0. The van der Waals surface area contributed by atoms with Crippen molar-refractivity contribution in [1.29, 1.82) is 0 Å². The van der Waals surface area contributed by atoms with Crippen molar-refractivity contribution in [3.8, 4) is 0 Å². The van der Waals surface area contributed by atoms with E-state index in [1.54, 1.807) is 0 Å². The molecule has 1 aromatic carbocycles. The molecule has 2 rings (SSSR count). The number of hydrogen-bond acceptors (Lipinski definition) is 3. The third-order valence-corrected chi connectivity index (χ3v) is 5.41. The molecule has 6 heteroatoms. The fourth-order valence-electron chi connectivity index (χ4n) is 3.66. The summed E-state index contributed by atoms with van der Waals surface area (Å²) in [4.78, 5) is 18.1. The molecule has 150 valence electrons. The zero-order valence-electron chi connectivity index (χ0n) is 16.8. The zero-order valence-corrected chi connectivity index (χ0v) is 16.8. The molecule has 0 unspecified atom stereocenters. The molecule has 1 aliphatic heterocycles. The summed E-state index contributed by atoms with van der Waals surface area (Å²) in [7, 11) is 0. The topological polar surface area (TPSA) is 96.7 Å². The number of amides is 1. The minimum absolute atomic E-state index is 0.0655. The van der Waals surface area contributed by atoms with Crippen LogP contribution in [0.2, 0.25) is 0 Å². The Kier molecular flexibility index (Phi) is 8.58.